The predicted octanol–water partition coefficient (Wildman–Crippen LogP) is 4.91. The zero-order valence-electron chi connectivity index (χ0n) is 10.2. The molecule has 3 heteroatoms. The monoisotopic (exact) mass is 368 g/mol. The zero-order chi connectivity index (χ0) is 13.3. The Morgan fingerprint density at radius 1 is 0.944 bits per heavy atom. The lowest BCUT2D eigenvalue weighted by Gasteiger charge is -2.15. The number of rotatable bonds is 2. The fourth-order valence-corrected chi connectivity index (χ4v) is 3.10. The fourth-order valence-electron chi connectivity index (χ4n) is 1.84. The zero-order valence-corrected chi connectivity index (χ0v) is 13.4. The molecule has 0 saturated carbocycles. The standard InChI is InChI=1S/C15H14Br2O/c1-9-3-4-11(7-10(9)2)15(18)13-6-5-12(16)8-14(13)17/h3-8,15,18H,1-2H3. The van der Waals surface area contributed by atoms with Crippen molar-refractivity contribution in [2.45, 2.75) is 20.0 Å². The quantitative estimate of drug-likeness (QED) is 0.797. The van der Waals surface area contributed by atoms with E-state index in [-0.39, 0.29) is 0 Å². The molecule has 0 bridgehead atoms. The molecule has 1 nitrogen and oxygen atoms in total. The second kappa shape index (κ2) is 5.55. The van der Waals surface area contributed by atoms with E-state index in [0.717, 1.165) is 20.1 Å². The summed E-state index contributed by atoms with van der Waals surface area (Å²) in [5.41, 5.74) is 4.23. The van der Waals surface area contributed by atoms with Crippen LogP contribution in [0.1, 0.15) is 28.4 Å². The van der Waals surface area contributed by atoms with Crippen LogP contribution >= 0.6 is 31.9 Å². The van der Waals surface area contributed by atoms with Gasteiger partial charge in [-0.05, 0) is 48.2 Å². The van der Waals surface area contributed by atoms with Crippen molar-refractivity contribution >= 4 is 31.9 Å². The molecule has 2 aromatic carbocycles. The molecule has 0 amide bonds. The molecule has 1 unspecified atom stereocenters. The molecule has 0 heterocycles. The highest BCUT2D eigenvalue weighted by molar-refractivity contribution is 9.11. The smallest absolute Gasteiger partial charge is 0.105 e. The molecular formula is C15H14Br2O. The highest BCUT2D eigenvalue weighted by atomic mass is 79.9. The van der Waals surface area contributed by atoms with Crippen LogP contribution in [0.2, 0.25) is 0 Å². The molecular weight excluding hydrogens is 356 g/mol. The van der Waals surface area contributed by atoms with Gasteiger partial charge < -0.3 is 5.11 Å². The Labute approximate surface area is 124 Å². The number of hydrogen-bond acceptors (Lipinski definition) is 1. The molecule has 2 aromatic rings. The van der Waals surface area contributed by atoms with Gasteiger partial charge in [-0.15, -0.1) is 0 Å². The Balaban J connectivity index is 2.41. The van der Waals surface area contributed by atoms with E-state index in [9.17, 15) is 5.11 Å². The van der Waals surface area contributed by atoms with Crippen molar-refractivity contribution in [1.82, 2.24) is 0 Å². The van der Waals surface area contributed by atoms with E-state index in [4.69, 9.17) is 0 Å². The van der Waals surface area contributed by atoms with Crippen LogP contribution in [-0.4, -0.2) is 5.11 Å². The first-order valence-electron chi connectivity index (χ1n) is 5.69. The van der Waals surface area contributed by atoms with Crippen molar-refractivity contribution in [3.05, 3.63) is 67.6 Å². The van der Waals surface area contributed by atoms with Crippen LogP contribution in [0.5, 0.6) is 0 Å². The van der Waals surface area contributed by atoms with Crippen molar-refractivity contribution in [2.75, 3.05) is 0 Å². The van der Waals surface area contributed by atoms with Crippen LogP contribution in [0.3, 0.4) is 0 Å². The molecule has 94 valence electrons. The molecule has 0 radical (unpaired) electrons. The SMILES string of the molecule is Cc1ccc(C(O)c2ccc(Br)cc2Br)cc1C. The molecule has 1 atom stereocenters. The average molecular weight is 370 g/mol. The summed E-state index contributed by atoms with van der Waals surface area (Å²) in [6.07, 6.45) is -0.605. The highest BCUT2D eigenvalue weighted by Crippen LogP contribution is 2.31. The predicted molar refractivity (Wildman–Crippen MR) is 81.8 cm³/mol. The number of halogens is 2. The van der Waals surface area contributed by atoms with Crippen LogP contribution in [0.15, 0.2) is 45.3 Å². The molecule has 0 aromatic heterocycles. The Morgan fingerprint density at radius 3 is 2.28 bits per heavy atom. The van der Waals surface area contributed by atoms with Gasteiger partial charge >= 0.3 is 0 Å². The minimum Gasteiger partial charge on any atom is -0.384 e. The van der Waals surface area contributed by atoms with Gasteiger partial charge in [0.2, 0.25) is 0 Å². The number of aryl methyl sites for hydroxylation is 2. The van der Waals surface area contributed by atoms with Crippen molar-refractivity contribution < 1.29 is 5.11 Å². The van der Waals surface area contributed by atoms with Gasteiger partial charge in [-0.25, -0.2) is 0 Å². The van der Waals surface area contributed by atoms with Crippen molar-refractivity contribution in [3.63, 3.8) is 0 Å². The summed E-state index contributed by atoms with van der Waals surface area (Å²) in [7, 11) is 0. The molecule has 18 heavy (non-hydrogen) atoms. The number of benzene rings is 2. The van der Waals surface area contributed by atoms with E-state index >= 15 is 0 Å². The topological polar surface area (TPSA) is 20.2 Å². The summed E-state index contributed by atoms with van der Waals surface area (Å²) in [6, 6.07) is 11.9. The maximum atomic E-state index is 10.4. The largest absolute Gasteiger partial charge is 0.384 e. The lowest BCUT2D eigenvalue weighted by molar-refractivity contribution is 0.219. The lowest BCUT2D eigenvalue weighted by Crippen LogP contribution is -2.01. The van der Waals surface area contributed by atoms with Crippen molar-refractivity contribution in [1.29, 1.82) is 0 Å². The van der Waals surface area contributed by atoms with E-state index in [1.807, 2.05) is 36.4 Å². The van der Waals surface area contributed by atoms with E-state index in [2.05, 4.69) is 45.7 Å². The Kier molecular flexibility index (Phi) is 4.25. The number of aliphatic hydroxyl groups is 1. The average Bonchev–Trinajstić information content (AvgIpc) is 2.32. The second-order valence-corrected chi connectivity index (χ2v) is 6.18. The van der Waals surface area contributed by atoms with Crippen molar-refractivity contribution in [2.24, 2.45) is 0 Å². The number of aliphatic hydroxyl groups excluding tert-OH is 1. The summed E-state index contributed by atoms with van der Waals surface area (Å²) >= 11 is 6.90. The van der Waals surface area contributed by atoms with Gasteiger partial charge in [0.25, 0.3) is 0 Å². The van der Waals surface area contributed by atoms with Gasteiger partial charge in [-0.2, -0.15) is 0 Å². The van der Waals surface area contributed by atoms with Gasteiger partial charge in [0.1, 0.15) is 6.10 Å². The Hall–Kier alpha value is -0.640. The molecule has 0 fully saturated rings. The summed E-state index contributed by atoms with van der Waals surface area (Å²) < 4.78 is 1.90. The first-order valence-corrected chi connectivity index (χ1v) is 7.28. The first-order chi connectivity index (χ1) is 8.49. The second-order valence-electron chi connectivity index (χ2n) is 4.41. The number of hydrogen-bond donors (Lipinski definition) is 1. The fraction of sp³-hybridized carbons (Fsp3) is 0.200. The summed E-state index contributed by atoms with van der Waals surface area (Å²) in [5, 5.41) is 10.4. The van der Waals surface area contributed by atoms with Crippen LogP contribution in [0.4, 0.5) is 0 Å². The minimum absolute atomic E-state index is 0.605. The molecule has 0 spiro atoms. The summed E-state index contributed by atoms with van der Waals surface area (Å²) in [6.45, 7) is 4.13. The third kappa shape index (κ3) is 2.85. The van der Waals surface area contributed by atoms with Gasteiger partial charge in [0.15, 0.2) is 0 Å². The highest BCUT2D eigenvalue weighted by Gasteiger charge is 2.14. The third-order valence-corrected chi connectivity index (χ3v) is 4.28. The normalized spacial score (nSPS) is 12.5. The van der Waals surface area contributed by atoms with Crippen LogP contribution in [0, 0.1) is 13.8 Å². The van der Waals surface area contributed by atoms with Gasteiger partial charge in [-0.3, -0.25) is 0 Å². The van der Waals surface area contributed by atoms with E-state index < -0.39 is 6.10 Å². The van der Waals surface area contributed by atoms with Crippen LogP contribution in [-0.2, 0) is 0 Å². The van der Waals surface area contributed by atoms with Crippen LogP contribution < -0.4 is 0 Å². The minimum atomic E-state index is -0.605. The lowest BCUT2D eigenvalue weighted by atomic mass is 9.98. The molecule has 1 N–H and O–H groups in total. The summed E-state index contributed by atoms with van der Waals surface area (Å²) in [4.78, 5) is 0. The van der Waals surface area contributed by atoms with Gasteiger partial charge in [0.05, 0.1) is 0 Å². The van der Waals surface area contributed by atoms with Gasteiger partial charge in [0, 0.05) is 8.95 Å². The maximum Gasteiger partial charge on any atom is 0.105 e. The molecule has 0 aliphatic heterocycles. The maximum absolute atomic E-state index is 10.4. The van der Waals surface area contributed by atoms with Crippen LogP contribution in [0.25, 0.3) is 0 Å². The Bertz CT molecular complexity index is 579. The van der Waals surface area contributed by atoms with E-state index in [0.29, 0.717) is 0 Å². The third-order valence-electron chi connectivity index (χ3n) is 3.10. The molecule has 0 aliphatic rings. The van der Waals surface area contributed by atoms with Gasteiger partial charge in [-0.1, -0.05) is 56.1 Å². The molecule has 0 aliphatic carbocycles. The van der Waals surface area contributed by atoms with E-state index in [1.54, 1.807) is 0 Å². The molecule has 0 saturated heterocycles. The van der Waals surface area contributed by atoms with E-state index in [1.165, 1.54) is 11.1 Å². The van der Waals surface area contributed by atoms with Crippen molar-refractivity contribution in [3.8, 4) is 0 Å². The molecule has 2 rings (SSSR count). The summed E-state index contributed by atoms with van der Waals surface area (Å²) in [5.74, 6) is 0. The first kappa shape index (κ1) is 13.8. The Morgan fingerprint density at radius 2 is 1.67 bits per heavy atom.